The minimum Gasteiger partial charge on any atom is -0.508 e. The Kier molecular flexibility index (Phi) is 3.01. The minimum atomic E-state index is -0.306. The average Bonchev–Trinajstić information content (AvgIpc) is 2.39. The zero-order chi connectivity index (χ0) is 12.3. The number of phenolic OH excluding ortho intramolecular Hbond substituents is 1. The standard InChI is InChI=1S/C14H9O3/c15-9-11-6-7-12(16)8-13(11)14(17)10-4-2-1-3-5-10/h1-8,16H. The normalized spacial score (nSPS) is 9.88. The lowest BCUT2D eigenvalue weighted by atomic mass is 9.99. The molecule has 2 aromatic carbocycles. The first-order valence-electron chi connectivity index (χ1n) is 5.03. The van der Waals surface area contributed by atoms with Gasteiger partial charge in [0.05, 0.1) is 0 Å². The van der Waals surface area contributed by atoms with Gasteiger partial charge in [-0.3, -0.25) is 9.59 Å². The van der Waals surface area contributed by atoms with Crippen LogP contribution in [0.2, 0.25) is 0 Å². The number of rotatable bonds is 3. The number of benzene rings is 2. The van der Waals surface area contributed by atoms with Gasteiger partial charge in [-0.25, -0.2) is 0 Å². The van der Waals surface area contributed by atoms with Crippen LogP contribution in [0.5, 0.6) is 5.75 Å². The number of aromatic hydroxyl groups is 1. The summed E-state index contributed by atoms with van der Waals surface area (Å²) >= 11 is 0. The first-order chi connectivity index (χ1) is 8.22. The number of ketones is 1. The van der Waals surface area contributed by atoms with Crippen LogP contribution in [0, 0.1) is 0 Å². The van der Waals surface area contributed by atoms with Crippen molar-refractivity contribution in [3.63, 3.8) is 0 Å². The van der Waals surface area contributed by atoms with E-state index in [1.165, 1.54) is 18.2 Å². The first-order valence-corrected chi connectivity index (χ1v) is 5.03. The summed E-state index contributed by atoms with van der Waals surface area (Å²) in [6, 6.07) is 12.6. The highest BCUT2D eigenvalue weighted by molar-refractivity contribution is 6.13. The second kappa shape index (κ2) is 4.61. The molecule has 0 saturated carbocycles. The fourth-order valence-electron chi connectivity index (χ4n) is 1.55. The lowest BCUT2D eigenvalue weighted by molar-refractivity contribution is 0.103. The van der Waals surface area contributed by atoms with Crippen molar-refractivity contribution in [1.29, 1.82) is 0 Å². The van der Waals surface area contributed by atoms with Gasteiger partial charge >= 0.3 is 0 Å². The largest absolute Gasteiger partial charge is 0.508 e. The van der Waals surface area contributed by atoms with Gasteiger partial charge in [0, 0.05) is 16.7 Å². The second-order valence-electron chi connectivity index (χ2n) is 3.53. The zero-order valence-corrected chi connectivity index (χ0v) is 8.88. The van der Waals surface area contributed by atoms with Crippen LogP contribution >= 0.6 is 0 Å². The molecule has 0 aliphatic rings. The van der Waals surface area contributed by atoms with Crippen LogP contribution in [0.4, 0.5) is 0 Å². The second-order valence-corrected chi connectivity index (χ2v) is 3.53. The predicted octanol–water partition coefficient (Wildman–Crippen LogP) is 2.08. The lowest BCUT2D eigenvalue weighted by Gasteiger charge is -2.04. The molecular weight excluding hydrogens is 216 g/mol. The molecule has 0 unspecified atom stereocenters. The molecule has 0 spiro atoms. The molecule has 0 bridgehead atoms. The van der Waals surface area contributed by atoms with Gasteiger partial charge in [-0.15, -0.1) is 0 Å². The van der Waals surface area contributed by atoms with E-state index >= 15 is 0 Å². The maximum absolute atomic E-state index is 12.1. The van der Waals surface area contributed by atoms with Gasteiger partial charge in [-0.2, -0.15) is 0 Å². The Morgan fingerprint density at radius 1 is 1.06 bits per heavy atom. The average molecular weight is 225 g/mol. The van der Waals surface area contributed by atoms with Gasteiger partial charge in [-0.1, -0.05) is 30.3 Å². The van der Waals surface area contributed by atoms with Crippen LogP contribution in [-0.4, -0.2) is 17.2 Å². The van der Waals surface area contributed by atoms with Crippen molar-refractivity contribution < 1.29 is 14.7 Å². The molecule has 0 atom stereocenters. The molecule has 0 aromatic heterocycles. The van der Waals surface area contributed by atoms with Crippen LogP contribution < -0.4 is 0 Å². The molecule has 0 aliphatic heterocycles. The molecule has 2 aromatic rings. The van der Waals surface area contributed by atoms with Crippen LogP contribution in [0.15, 0.2) is 48.5 Å². The van der Waals surface area contributed by atoms with Crippen molar-refractivity contribution in [2.24, 2.45) is 0 Å². The third-order valence-electron chi connectivity index (χ3n) is 2.39. The van der Waals surface area contributed by atoms with E-state index in [2.05, 4.69) is 0 Å². The van der Waals surface area contributed by atoms with E-state index in [0.717, 1.165) is 0 Å². The molecule has 3 heteroatoms. The quantitative estimate of drug-likeness (QED) is 0.813. The highest BCUT2D eigenvalue weighted by atomic mass is 16.3. The summed E-state index contributed by atoms with van der Waals surface area (Å²) in [4.78, 5) is 22.8. The Bertz CT molecular complexity index is 559. The molecule has 0 heterocycles. The van der Waals surface area contributed by atoms with Crippen molar-refractivity contribution in [2.45, 2.75) is 0 Å². The van der Waals surface area contributed by atoms with Crippen molar-refractivity contribution in [3.05, 3.63) is 65.2 Å². The summed E-state index contributed by atoms with van der Waals surface area (Å²) in [6.45, 7) is 0. The molecular formula is C14H9O3. The summed E-state index contributed by atoms with van der Waals surface area (Å²) in [5.41, 5.74) is 0.775. The number of phenols is 1. The molecule has 0 fully saturated rings. The van der Waals surface area contributed by atoms with Crippen molar-refractivity contribution in [2.75, 3.05) is 0 Å². The summed E-state index contributed by atoms with van der Waals surface area (Å²) in [5.74, 6) is -0.358. The molecule has 0 aliphatic carbocycles. The van der Waals surface area contributed by atoms with Gasteiger partial charge in [0.15, 0.2) is 5.78 Å². The molecule has 0 amide bonds. The van der Waals surface area contributed by atoms with Gasteiger partial charge < -0.3 is 5.11 Å². The molecule has 2 rings (SSSR count). The fourth-order valence-corrected chi connectivity index (χ4v) is 1.55. The summed E-state index contributed by atoms with van der Waals surface area (Å²) in [5, 5.41) is 9.35. The minimum absolute atomic E-state index is 0.0525. The molecule has 3 nitrogen and oxygen atoms in total. The lowest BCUT2D eigenvalue weighted by Crippen LogP contribution is -2.04. The Balaban J connectivity index is 2.50. The molecule has 83 valence electrons. The van der Waals surface area contributed by atoms with Crippen LogP contribution in [0.3, 0.4) is 0 Å². The van der Waals surface area contributed by atoms with E-state index in [4.69, 9.17) is 0 Å². The summed E-state index contributed by atoms with van der Waals surface area (Å²) in [6.07, 6.45) is 1.69. The number of hydrogen-bond donors (Lipinski definition) is 1. The van der Waals surface area contributed by atoms with E-state index in [9.17, 15) is 14.7 Å². The number of hydrogen-bond acceptors (Lipinski definition) is 3. The van der Waals surface area contributed by atoms with Crippen molar-refractivity contribution >= 4 is 12.1 Å². The zero-order valence-electron chi connectivity index (χ0n) is 8.88. The van der Waals surface area contributed by atoms with E-state index < -0.39 is 0 Å². The van der Waals surface area contributed by atoms with Crippen molar-refractivity contribution in [3.8, 4) is 5.75 Å². The Labute approximate surface area is 98.3 Å². The van der Waals surface area contributed by atoms with Crippen molar-refractivity contribution in [1.82, 2.24) is 0 Å². The van der Waals surface area contributed by atoms with Crippen LogP contribution in [0.25, 0.3) is 0 Å². The monoisotopic (exact) mass is 225 g/mol. The fraction of sp³-hybridized carbons (Fsp3) is 0. The van der Waals surface area contributed by atoms with Crippen LogP contribution in [0.1, 0.15) is 21.5 Å². The third kappa shape index (κ3) is 2.23. The predicted molar refractivity (Wildman–Crippen MR) is 62.8 cm³/mol. The number of carbonyl (C=O) groups is 1. The van der Waals surface area contributed by atoms with E-state index in [0.29, 0.717) is 5.56 Å². The Morgan fingerprint density at radius 2 is 1.76 bits per heavy atom. The Hall–Kier alpha value is -2.42. The molecule has 1 radical (unpaired) electrons. The SMILES string of the molecule is O=[C]c1ccc(O)cc1C(=O)c1ccccc1. The van der Waals surface area contributed by atoms with E-state index in [-0.39, 0.29) is 22.7 Å². The topological polar surface area (TPSA) is 54.4 Å². The molecule has 0 saturated heterocycles. The smallest absolute Gasteiger partial charge is 0.234 e. The summed E-state index contributed by atoms with van der Waals surface area (Å²) < 4.78 is 0. The maximum Gasteiger partial charge on any atom is 0.234 e. The number of carbonyl (C=O) groups excluding carboxylic acids is 2. The van der Waals surface area contributed by atoms with E-state index in [1.54, 1.807) is 36.6 Å². The maximum atomic E-state index is 12.1. The van der Waals surface area contributed by atoms with Gasteiger partial charge in [0.2, 0.25) is 6.29 Å². The van der Waals surface area contributed by atoms with Gasteiger partial charge in [0.1, 0.15) is 5.75 Å². The summed E-state index contributed by atoms with van der Waals surface area (Å²) in [7, 11) is 0. The Morgan fingerprint density at radius 3 is 2.41 bits per heavy atom. The van der Waals surface area contributed by atoms with Crippen LogP contribution in [-0.2, 0) is 4.79 Å². The highest BCUT2D eigenvalue weighted by Crippen LogP contribution is 2.18. The highest BCUT2D eigenvalue weighted by Gasteiger charge is 2.14. The van der Waals surface area contributed by atoms with Gasteiger partial charge in [-0.05, 0) is 18.2 Å². The van der Waals surface area contributed by atoms with Gasteiger partial charge in [0.25, 0.3) is 0 Å². The third-order valence-corrected chi connectivity index (χ3v) is 2.39. The molecule has 1 N–H and O–H groups in total. The molecule has 17 heavy (non-hydrogen) atoms. The van der Waals surface area contributed by atoms with E-state index in [1.807, 2.05) is 0 Å². The first kappa shape index (κ1) is 11.1.